The van der Waals surface area contributed by atoms with Gasteiger partial charge in [0.05, 0.1) is 6.10 Å². The second kappa shape index (κ2) is 8.64. The predicted octanol–water partition coefficient (Wildman–Crippen LogP) is 2.60. The van der Waals surface area contributed by atoms with E-state index in [0.29, 0.717) is 19.4 Å². The fourth-order valence-corrected chi connectivity index (χ4v) is 3.99. The Kier molecular flexibility index (Phi) is 6.43. The van der Waals surface area contributed by atoms with Crippen molar-refractivity contribution in [1.82, 2.24) is 15.3 Å². The van der Waals surface area contributed by atoms with E-state index < -0.39 is 6.10 Å². The molecule has 3 N–H and O–H groups in total. The van der Waals surface area contributed by atoms with Gasteiger partial charge >= 0.3 is 0 Å². The van der Waals surface area contributed by atoms with Crippen molar-refractivity contribution >= 4 is 0 Å². The molecule has 1 saturated carbocycles. The first-order valence-corrected chi connectivity index (χ1v) is 9.87. The Hall–Kier alpha value is -1.89. The number of hydrogen-bond donors (Lipinski definition) is 3. The Bertz CT molecular complexity index is 793. The first-order chi connectivity index (χ1) is 13.3. The Balaban J connectivity index is 1.75. The van der Waals surface area contributed by atoms with E-state index in [9.17, 15) is 14.6 Å². The van der Waals surface area contributed by atoms with E-state index in [2.05, 4.69) is 31.1 Å². The molecule has 1 aromatic heterocycles. The maximum absolute atomic E-state index is 13.4. The molecule has 28 heavy (non-hydrogen) atoms. The van der Waals surface area contributed by atoms with E-state index in [0.717, 1.165) is 17.1 Å². The molecule has 0 radical (unpaired) electrons. The number of rotatable bonds is 6. The molecule has 2 aromatic rings. The molecule has 0 bridgehead atoms. The minimum Gasteiger partial charge on any atom is -0.396 e. The number of benzene rings is 1. The van der Waals surface area contributed by atoms with Crippen molar-refractivity contribution in [3.05, 3.63) is 59.4 Å². The molecule has 1 fully saturated rings. The average molecular weight is 387 g/mol. The summed E-state index contributed by atoms with van der Waals surface area (Å²) in [7, 11) is 0. The summed E-state index contributed by atoms with van der Waals surface area (Å²) in [5, 5.41) is 23.7. The second-order valence-corrected chi connectivity index (χ2v) is 8.76. The molecule has 1 aliphatic carbocycles. The number of nitrogens with zero attached hydrogens (tertiary/aromatic N) is 2. The Morgan fingerprint density at radius 2 is 2.00 bits per heavy atom. The van der Waals surface area contributed by atoms with Crippen molar-refractivity contribution in [3.8, 4) is 0 Å². The van der Waals surface area contributed by atoms with Crippen LogP contribution in [0.2, 0.25) is 0 Å². The summed E-state index contributed by atoms with van der Waals surface area (Å²) in [6, 6.07) is 8.42. The lowest BCUT2D eigenvalue weighted by Gasteiger charge is -2.25. The normalized spacial score (nSPS) is 25.2. The van der Waals surface area contributed by atoms with Gasteiger partial charge in [0.2, 0.25) is 0 Å². The topological polar surface area (TPSA) is 78.3 Å². The lowest BCUT2D eigenvalue weighted by atomic mass is 9.88. The zero-order chi connectivity index (χ0) is 20.3. The van der Waals surface area contributed by atoms with Crippen molar-refractivity contribution in [3.63, 3.8) is 0 Å². The van der Waals surface area contributed by atoms with Gasteiger partial charge in [0.25, 0.3) is 0 Å². The lowest BCUT2D eigenvalue weighted by molar-refractivity contribution is 0.0715. The van der Waals surface area contributed by atoms with Gasteiger partial charge in [-0.3, -0.25) is 0 Å². The Morgan fingerprint density at radius 1 is 1.21 bits per heavy atom. The van der Waals surface area contributed by atoms with Gasteiger partial charge in [-0.1, -0.05) is 32.9 Å². The van der Waals surface area contributed by atoms with Crippen molar-refractivity contribution in [2.75, 3.05) is 6.61 Å². The fraction of sp³-hybridized carbons (Fsp3) is 0.545. The van der Waals surface area contributed by atoms with Crippen molar-refractivity contribution in [2.45, 2.75) is 57.7 Å². The van der Waals surface area contributed by atoms with Crippen LogP contribution >= 0.6 is 0 Å². The minimum absolute atomic E-state index is 0.0171. The molecule has 4 atom stereocenters. The SMILES string of the molecule is CC(C)(C)c1nccc(CC2C(NCc3cccc(F)c3)CC(O)C2CO)n1. The van der Waals surface area contributed by atoms with Crippen LogP contribution in [-0.2, 0) is 18.4 Å². The summed E-state index contributed by atoms with van der Waals surface area (Å²) in [4.78, 5) is 9.10. The van der Waals surface area contributed by atoms with Crippen LogP contribution in [0.25, 0.3) is 0 Å². The Labute approximate surface area is 166 Å². The van der Waals surface area contributed by atoms with E-state index in [-0.39, 0.29) is 35.7 Å². The lowest BCUT2D eigenvalue weighted by Crippen LogP contribution is -2.36. The highest BCUT2D eigenvalue weighted by Gasteiger charge is 2.42. The number of aliphatic hydroxyl groups is 2. The van der Waals surface area contributed by atoms with Crippen LogP contribution in [0.1, 0.15) is 44.3 Å². The van der Waals surface area contributed by atoms with Gasteiger partial charge in [-0.05, 0) is 42.5 Å². The maximum Gasteiger partial charge on any atom is 0.133 e. The quantitative estimate of drug-likeness (QED) is 0.710. The summed E-state index contributed by atoms with van der Waals surface area (Å²) in [6.07, 6.45) is 2.41. The van der Waals surface area contributed by atoms with Crippen LogP contribution in [0.5, 0.6) is 0 Å². The molecule has 1 aliphatic rings. The third-order valence-corrected chi connectivity index (χ3v) is 5.55. The molecule has 0 aliphatic heterocycles. The van der Waals surface area contributed by atoms with Crippen molar-refractivity contribution in [1.29, 1.82) is 0 Å². The fourth-order valence-electron chi connectivity index (χ4n) is 3.99. The summed E-state index contributed by atoms with van der Waals surface area (Å²) >= 11 is 0. The van der Waals surface area contributed by atoms with E-state index >= 15 is 0 Å². The van der Waals surface area contributed by atoms with Gasteiger partial charge in [-0.25, -0.2) is 14.4 Å². The number of aromatic nitrogens is 2. The van der Waals surface area contributed by atoms with Crippen LogP contribution in [0.3, 0.4) is 0 Å². The Morgan fingerprint density at radius 3 is 2.68 bits per heavy atom. The van der Waals surface area contributed by atoms with Crippen molar-refractivity contribution in [2.24, 2.45) is 11.8 Å². The molecule has 1 heterocycles. The molecular formula is C22H30FN3O2. The average Bonchev–Trinajstić information content (AvgIpc) is 2.94. The highest BCUT2D eigenvalue weighted by molar-refractivity contribution is 5.17. The van der Waals surface area contributed by atoms with Crippen molar-refractivity contribution < 1.29 is 14.6 Å². The summed E-state index contributed by atoms with van der Waals surface area (Å²) in [5.41, 5.74) is 1.63. The summed E-state index contributed by atoms with van der Waals surface area (Å²) in [6.45, 7) is 6.67. The molecule has 6 heteroatoms. The third-order valence-electron chi connectivity index (χ3n) is 5.55. The van der Waals surface area contributed by atoms with Gasteiger partial charge in [0, 0.05) is 42.4 Å². The molecule has 152 valence electrons. The second-order valence-electron chi connectivity index (χ2n) is 8.76. The van der Waals surface area contributed by atoms with Crippen LogP contribution < -0.4 is 5.32 Å². The van der Waals surface area contributed by atoms with Crippen LogP contribution in [0.15, 0.2) is 36.5 Å². The zero-order valence-corrected chi connectivity index (χ0v) is 16.8. The number of aliphatic hydroxyl groups excluding tert-OH is 2. The summed E-state index contributed by atoms with van der Waals surface area (Å²) in [5.74, 6) is 0.355. The maximum atomic E-state index is 13.4. The number of hydrogen-bond acceptors (Lipinski definition) is 5. The van der Waals surface area contributed by atoms with Crippen LogP contribution in [0.4, 0.5) is 4.39 Å². The molecule has 5 nitrogen and oxygen atoms in total. The molecule has 4 unspecified atom stereocenters. The predicted molar refractivity (Wildman–Crippen MR) is 106 cm³/mol. The standard InChI is InChI=1S/C22H30FN3O2/c1-22(2,3)21-24-8-7-16(26-21)10-17-18(13-27)20(28)11-19(17)25-12-14-5-4-6-15(23)9-14/h4-9,17-20,25,27-28H,10-13H2,1-3H3. The highest BCUT2D eigenvalue weighted by atomic mass is 19.1. The van der Waals surface area contributed by atoms with Crippen LogP contribution in [-0.4, -0.2) is 38.9 Å². The summed E-state index contributed by atoms with van der Waals surface area (Å²) < 4.78 is 13.4. The van der Waals surface area contributed by atoms with E-state index in [1.807, 2.05) is 12.1 Å². The molecule has 1 aromatic carbocycles. The monoisotopic (exact) mass is 387 g/mol. The van der Waals surface area contributed by atoms with E-state index in [1.54, 1.807) is 12.3 Å². The molecule has 0 saturated heterocycles. The van der Waals surface area contributed by atoms with Crippen LogP contribution in [0, 0.1) is 17.7 Å². The first kappa shape index (κ1) is 20.8. The van der Waals surface area contributed by atoms with E-state index in [4.69, 9.17) is 4.98 Å². The largest absolute Gasteiger partial charge is 0.396 e. The zero-order valence-electron chi connectivity index (χ0n) is 16.8. The smallest absolute Gasteiger partial charge is 0.133 e. The van der Waals surface area contributed by atoms with Gasteiger partial charge < -0.3 is 15.5 Å². The molecule has 0 amide bonds. The minimum atomic E-state index is -0.566. The van der Waals surface area contributed by atoms with Gasteiger partial charge in [-0.15, -0.1) is 0 Å². The first-order valence-electron chi connectivity index (χ1n) is 9.87. The molecule has 3 rings (SSSR count). The van der Waals surface area contributed by atoms with Gasteiger partial charge in [-0.2, -0.15) is 0 Å². The van der Waals surface area contributed by atoms with Gasteiger partial charge in [0.1, 0.15) is 11.6 Å². The van der Waals surface area contributed by atoms with E-state index in [1.165, 1.54) is 12.1 Å². The number of nitrogens with one attached hydrogen (secondary N) is 1. The number of halogens is 1. The molecule has 0 spiro atoms. The van der Waals surface area contributed by atoms with Gasteiger partial charge in [0.15, 0.2) is 0 Å². The third kappa shape index (κ3) is 4.93. The molecular weight excluding hydrogens is 357 g/mol. The highest BCUT2D eigenvalue weighted by Crippen LogP contribution is 2.35.